The van der Waals surface area contributed by atoms with Gasteiger partial charge in [-0.25, -0.2) is 0 Å². The van der Waals surface area contributed by atoms with Crippen LogP contribution in [0, 0.1) is 28.6 Å². The molecule has 2 spiro atoms. The first-order valence-corrected chi connectivity index (χ1v) is 10.8. The van der Waals surface area contributed by atoms with Crippen LogP contribution in [0.2, 0.25) is 0 Å². The molecule has 9 heteroatoms. The van der Waals surface area contributed by atoms with E-state index in [0.717, 1.165) is 10.5 Å². The molecule has 5 atom stereocenters. The number of carbonyl (C=O) groups excluding carboxylic acids is 1. The van der Waals surface area contributed by atoms with E-state index in [-0.39, 0.29) is 16.9 Å². The topological polar surface area (TPSA) is 76.4 Å². The predicted octanol–water partition coefficient (Wildman–Crippen LogP) is 3.39. The van der Waals surface area contributed by atoms with E-state index in [4.69, 9.17) is 12.2 Å². The Hall–Kier alpha value is -2.18. The first kappa shape index (κ1) is 22.0. The number of halogens is 3. The number of amides is 1. The third-order valence-electron chi connectivity index (χ3n) is 7.28. The number of hydrogen-bond donors (Lipinski definition) is 2. The predicted molar refractivity (Wildman–Crippen MR) is 111 cm³/mol. The lowest BCUT2D eigenvalue weighted by Gasteiger charge is -2.50. The number of rotatable bonds is 2. The third kappa shape index (κ3) is 3.23. The molecule has 1 amide bonds. The van der Waals surface area contributed by atoms with Crippen molar-refractivity contribution < 1.29 is 23.1 Å². The molecule has 31 heavy (non-hydrogen) atoms. The standard InChI is InChI=1S/C22H24F3N3O2S/c1-12-8-20(9-13(2)17(12)29)10-15-4-3-14(11-26)7-16(15)22(20)18(30)28(19(31)27-22)6-5-21(23,24)25/h3-4,7,12-13,17,29H,5-6,8-10H2,1-2H3,(H,27,31)/t12-,13+,17+,20+,22-/m1/s1. The summed E-state index contributed by atoms with van der Waals surface area (Å²) in [4.78, 5) is 14.9. The maximum absolute atomic E-state index is 13.9. The number of benzene rings is 1. The van der Waals surface area contributed by atoms with E-state index in [1.165, 1.54) is 0 Å². The van der Waals surface area contributed by atoms with Gasteiger partial charge < -0.3 is 10.4 Å². The van der Waals surface area contributed by atoms with Gasteiger partial charge in [0, 0.05) is 12.0 Å². The van der Waals surface area contributed by atoms with Gasteiger partial charge in [0.1, 0.15) is 0 Å². The molecule has 3 aliphatic rings. The number of hydrogen-bond acceptors (Lipinski definition) is 4. The summed E-state index contributed by atoms with van der Waals surface area (Å²) in [7, 11) is 0. The molecule has 4 rings (SSSR count). The van der Waals surface area contributed by atoms with Gasteiger partial charge in [0.25, 0.3) is 5.91 Å². The fourth-order valence-electron chi connectivity index (χ4n) is 6.06. The number of thiocarbonyl (C=S) groups is 1. The van der Waals surface area contributed by atoms with Crippen molar-refractivity contribution >= 4 is 23.2 Å². The van der Waals surface area contributed by atoms with Crippen LogP contribution in [-0.4, -0.2) is 39.9 Å². The molecule has 1 aromatic carbocycles. The summed E-state index contributed by atoms with van der Waals surface area (Å²) in [6.07, 6.45) is -4.52. The second-order valence-electron chi connectivity index (χ2n) is 9.30. The Morgan fingerprint density at radius 1 is 1.32 bits per heavy atom. The molecule has 0 radical (unpaired) electrons. The highest BCUT2D eigenvalue weighted by Crippen LogP contribution is 2.61. The molecular weight excluding hydrogens is 427 g/mol. The second kappa shape index (κ2) is 7.17. The zero-order valence-corrected chi connectivity index (χ0v) is 18.1. The maximum atomic E-state index is 13.9. The summed E-state index contributed by atoms with van der Waals surface area (Å²) in [5.74, 6) is -0.693. The zero-order valence-electron chi connectivity index (χ0n) is 17.3. The molecule has 1 aromatic rings. The minimum Gasteiger partial charge on any atom is -0.393 e. The van der Waals surface area contributed by atoms with Crippen molar-refractivity contribution in [2.45, 2.75) is 57.3 Å². The van der Waals surface area contributed by atoms with E-state index in [1.807, 2.05) is 19.9 Å². The van der Waals surface area contributed by atoms with Crippen molar-refractivity contribution in [1.82, 2.24) is 10.2 Å². The number of nitrogens with zero attached hydrogens (tertiary/aromatic N) is 2. The Morgan fingerprint density at radius 3 is 2.55 bits per heavy atom. The van der Waals surface area contributed by atoms with Crippen LogP contribution < -0.4 is 5.32 Å². The smallest absolute Gasteiger partial charge is 0.390 e. The Labute approximate surface area is 184 Å². The van der Waals surface area contributed by atoms with Crippen molar-refractivity contribution in [3.63, 3.8) is 0 Å². The van der Waals surface area contributed by atoms with E-state index in [0.29, 0.717) is 30.4 Å². The van der Waals surface area contributed by atoms with Gasteiger partial charge in [0.2, 0.25) is 0 Å². The molecule has 1 saturated heterocycles. The summed E-state index contributed by atoms with van der Waals surface area (Å²) < 4.78 is 38.7. The average molecular weight is 452 g/mol. The van der Waals surface area contributed by atoms with Crippen molar-refractivity contribution in [1.29, 1.82) is 5.26 Å². The van der Waals surface area contributed by atoms with Gasteiger partial charge >= 0.3 is 6.18 Å². The quantitative estimate of drug-likeness (QED) is 0.675. The molecule has 0 unspecified atom stereocenters. The SMILES string of the molecule is C[C@@H]1C[C@@]2(Cc3ccc(C#N)cc3[C@]23NC(=S)N(CCC(F)(F)F)C3=O)C[C@H](C)[C@H]1O. The number of carbonyl (C=O) groups is 1. The summed E-state index contributed by atoms with van der Waals surface area (Å²) in [6, 6.07) is 7.26. The maximum Gasteiger partial charge on any atom is 0.390 e. The fraction of sp³-hybridized carbons (Fsp3) is 0.591. The van der Waals surface area contributed by atoms with Gasteiger partial charge in [-0.05, 0) is 66.6 Å². The third-order valence-corrected chi connectivity index (χ3v) is 7.61. The van der Waals surface area contributed by atoms with Gasteiger partial charge in [0.05, 0.1) is 24.2 Å². The number of fused-ring (bicyclic) bond motifs is 3. The second-order valence-corrected chi connectivity index (χ2v) is 9.68. The Kier molecular flexibility index (Phi) is 5.10. The van der Waals surface area contributed by atoms with Gasteiger partial charge in [-0.15, -0.1) is 0 Å². The van der Waals surface area contributed by atoms with Crippen molar-refractivity contribution in [3.8, 4) is 6.07 Å². The number of aliphatic hydroxyl groups is 1. The summed E-state index contributed by atoms with van der Waals surface area (Å²) in [5.41, 5.74) is -0.113. The molecule has 1 heterocycles. The molecule has 0 aromatic heterocycles. The number of nitriles is 1. The van der Waals surface area contributed by atoms with Crippen molar-refractivity contribution in [3.05, 3.63) is 34.9 Å². The Balaban J connectivity index is 1.85. The summed E-state index contributed by atoms with van der Waals surface area (Å²) in [5, 5.41) is 23.1. The molecular formula is C22H24F3N3O2S. The van der Waals surface area contributed by atoms with Crippen LogP contribution in [0.1, 0.15) is 49.8 Å². The highest BCUT2D eigenvalue weighted by molar-refractivity contribution is 7.80. The molecule has 5 nitrogen and oxygen atoms in total. The highest BCUT2D eigenvalue weighted by Gasteiger charge is 2.68. The van der Waals surface area contributed by atoms with Crippen LogP contribution in [0.25, 0.3) is 0 Å². The molecule has 2 fully saturated rings. The Morgan fingerprint density at radius 2 is 1.97 bits per heavy atom. The van der Waals surface area contributed by atoms with Gasteiger partial charge in [-0.3, -0.25) is 9.69 Å². The van der Waals surface area contributed by atoms with Crippen molar-refractivity contribution in [2.75, 3.05) is 6.54 Å². The van der Waals surface area contributed by atoms with E-state index < -0.39 is 42.1 Å². The fourth-order valence-corrected chi connectivity index (χ4v) is 6.39. The van der Waals surface area contributed by atoms with E-state index in [1.54, 1.807) is 12.1 Å². The minimum atomic E-state index is -4.41. The summed E-state index contributed by atoms with van der Waals surface area (Å²) >= 11 is 5.35. The molecule has 2 N–H and O–H groups in total. The molecule has 1 saturated carbocycles. The minimum absolute atomic E-state index is 0.0183. The van der Waals surface area contributed by atoms with Crippen LogP contribution in [0.15, 0.2) is 18.2 Å². The van der Waals surface area contributed by atoms with E-state index in [9.17, 15) is 28.3 Å². The number of nitrogens with one attached hydrogen (secondary N) is 1. The lowest BCUT2D eigenvalue weighted by atomic mass is 9.56. The van der Waals surface area contributed by atoms with Gasteiger partial charge in [0.15, 0.2) is 10.7 Å². The van der Waals surface area contributed by atoms with Gasteiger partial charge in [-0.2, -0.15) is 18.4 Å². The van der Waals surface area contributed by atoms with Crippen LogP contribution in [0.4, 0.5) is 13.2 Å². The largest absolute Gasteiger partial charge is 0.393 e. The van der Waals surface area contributed by atoms with E-state index in [2.05, 4.69) is 11.4 Å². The van der Waals surface area contributed by atoms with Crippen LogP contribution >= 0.6 is 12.2 Å². The molecule has 166 valence electrons. The molecule has 2 aliphatic carbocycles. The van der Waals surface area contributed by atoms with Crippen molar-refractivity contribution in [2.24, 2.45) is 17.3 Å². The lowest BCUT2D eigenvalue weighted by Crippen LogP contribution is -2.59. The normalized spacial score (nSPS) is 34.9. The van der Waals surface area contributed by atoms with Crippen LogP contribution in [0.5, 0.6) is 0 Å². The first-order valence-electron chi connectivity index (χ1n) is 10.4. The van der Waals surface area contributed by atoms with Crippen LogP contribution in [-0.2, 0) is 16.8 Å². The monoisotopic (exact) mass is 451 g/mol. The molecule has 1 aliphatic heterocycles. The number of aliphatic hydroxyl groups excluding tert-OH is 1. The van der Waals surface area contributed by atoms with Gasteiger partial charge in [-0.1, -0.05) is 19.9 Å². The molecule has 0 bridgehead atoms. The number of alkyl halides is 3. The van der Waals surface area contributed by atoms with Crippen LogP contribution in [0.3, 0.4) is 0 Å². The zero-order chi connectivity index (χ0) is 22.8. The van der Waals surface area contributed by atoms with E-state index >= 15 is 0 Å². The lowest BCUT2D eigenvalue weighted by molar-refractivity contribution is -0.147. The first-order chi connectivity index (χ1) is 14.4. The Bertz CT molecular complexity index is 977. The average Bonchev–Trinajstić information content (AvgIpc) is 3.09. The highest BCUT2D eigenvalue weighted by atomic mass is 32.1. The summed E-state index contributed by atoms with van der Waals surface area (Å²) in [6.45, 7) is 3.31.